The van der Waals surface area contributed by atoms with Crippen molar-refractivity contribution >= 4 is 34.8 Å². The van der Waals surface area contributed by atoms with Crippen molar-refractivity contribution in [2.24, 2.45) is 5.41 Å². The Balaban J connectivity index is 1.60. The summed E-state index contributed by atoms with van der Waals surface area (Å²) >= 11 is 5.99. The summed E-state index contributed by atoms with van der Waals surface area (Å²) in [4.78, 5) is 35.9. The van der Waals surface area contributed by atoms with Crippen LogP contribution >= 0.6 is 11.6 Å². The summed E-state index contributed by atoms with van der Waals surface area (Å²) in [6.45, 7) is 8.33. The number of nitrogens with zero attached hydrogens (tertiary/aromatic N) is 6. The highest BCUT2D eigenvalue weighted by Crippen LogP contribution is 2.44. The molecule has 1 amide bonds. The smallest absolute Gasteiger partial charge is 0.242 e. The van der Waals surface area contributed by atoms with Crippen molar-refractivity contribution in [3.05, 3.63) is 58.9 Å². The van der Waals surface area contributed by atoms with Gasteiger partial charge in [-0.2, -0.15) is 0 Å². The lowest BCUT2D eigenvalue weighted by atomic mass is 9.81. The third kappa shape index (κ3) is 3.66. The van der Waals surface area contributed by atoms with E-state index in [1.807, 2.05) is 16.8 Å². The van der Waals surface area contributed by atoms with Gasteiger partial charge in [-0.3, -0.25) is 9.78 Å². The standard InChI is InChI=1S/C24H25ClN8O/c1-23(2,3)8-7-14-21-27-9-10-33(21)12-15(29-14)19-30-18(26)17-20(31-19)32-22(34)24(17,4)16-6-5-13(25)11-28-16/h5-6,9-12H,7-8H2,1-4H3,(H3,26,30,31,32,34). The molecular weight excluding hydrogens is 452 g/mol. The topological polar surface area (TPSA) is 124 Å². The number of pyridine rings is 1. The number of fused-ring (bicyclic) bond motifs is 2. The maximum absolute atomic E-state index is 13.1. The third-order valence-electron chi connectivity index (χ3n) is 6.15. The highest BCUT2D eigenvalue weighted by atomic mass is 35.5. The Morgan fingerprint density at radius 2 is 1.97 bits per heavy atom. The first-order valence-corrected chi connectivity index (χ1v) is 11.4. The van der Waals surface area contributed by atoms with E-state index in [9.17, 15) is 4.79 Å². The minimum atomic E-state index is -1.14. The lowest BCUT2D eigenvalue weighted by molar-refractivity contribution is -0.119. The fourth-order valence-electron chi connectivity index (χ4n) is 4.20. The van der Waals surface area contributed by atoms with Crippen LogP contribution in [-0.4, -0.2) is 35.2 Å². The van der Waals surface area contributed by atoms with Crippen molar-refractivity contribution < 1.29 is 4.79 Å². The van der Waals surface area contributed by atoms with Gasteiger partial charge in [-0.25, -0.2) is 19.9 Å². The van der Waals surface area contributed by atoms with Crippen molar-refractivity contribution in [3.63, 3.8) is 0 Å². The summed E-state index contributed by atoms with van der Waals surface area (Å²) in [5.74, 6) is 0.605. The second kappa shape index (κ2) is 7.73. The molecule has 174 valence electrons. The van der Waals surface area contributed by atoms with Gasteiger partial charge >= 0.3 is 0 Å². The minimum absolute atomic E-state index is 0.153. The molecule has 0 saturated carbocycles. The average molecular weight is 477 g/mol. The van der Waals surface area contributed by atoms with Crippen molar-refractivity contribution in [1.82, 2.24) is 29.3 Å². The zero-order valence-electron chi connectivity index (χ0n) is 19.4. The second-order valence-electron chi connectivity index (χ2n) is 9.89. The first-order chi connectivity index (χ1) is 16.1. The van der Waals surface area contributed by atoms with Gasteiger partial charge in [0, 0.05) is 24.8 Å². The first kappa shape index (κ1) is 22.2. The molecule has 0 radical (unpaired) electrons. The Morgan fingerprint density at radius 1 is 1.18 bits per heavy atom. The Bertz CT molecular complexity index is 1420. The van der Waals surface area contributed by atoms with E-state index in [1.165, 1.54) is 6.20 Å². The summed E-state index contributed by atoms with van der Waals surface area (Å²) < 4.78 is 1.91. The number of imidazole rings is 1. The van der Waals surface area contributed by atoms with Crippen LogP contribution in [0.3, 0.4) is 0 Å². The summed E-state index contributed by atoms with van der Waals surface area (Å²) in [6.07, 6.45) is 8.63. The molecule has 5 heterocycles. The van der Waals surface area contributed by atoms with Crippen LogP contribution in [0.25, 0.3) is 17.2 Å². The van der Waals surface area contributed by atoms with Gasteiger partial charge in [-0.05, 0) is 37.3 Å². The van der Waals surface area contributed by atoms with E-state index in [1.54, 1.807) is 25.3 Å². The van der Waals surface area contributed by atoms with Crippen LogP contribution in [0.4, 0.5) is 11.6 Å². The molecule has 4 aromatic rings. The molecule has 10 heteroatoms. The fourth-order valence-corrected chi connectivity index (χ4v) is 4.32. The number of carbonyl (C=O) groups is 1. The number of rotatable bonds is 4. The van der Waals surface area contributed by atoms with E-state index < -0.39 is 5.41 Å². The number of amides is 1. The van der Waals surface area contributed by atoms with E-state index in [2.05, 4.69) is 46.0 Å². The largest absolute Gasteiger partial charge is 0.383 e. The lowest BCUT2D eigenvalue weighted by Crippen LogP contribution is -2.33. The zero-order valence-corrected chi connectivity index (χ0v) is 20.2. The number of nitrogen functional groups attached to an aromatic ring is 1. The molecule has 0 saturated heterocycles. The molecular formula is C24H25ClN8O. The number of carbonyl (C=O) groups excluding carboxylic acids is 1. The van der Waals surface area contributed by atoms with Gasteiger partial charge in [-0.15, -0.1) is 0 Å². The van der Waals surface area contributed by atoms with Gasteiger partial charge in [0.25, 0.3) is 0 Å². The molecule has 9 nitrogen and oxygen atoms in total. The molecule has 0 spiro atoms. The lowest BCUT2D eigenvalue weighted by Gasteiger charge is -2.22. The molecule has 1 atom stereocenters. The number of nitrogens with two attached hydrogens (primary N) is 1. The second-order valence-corrected chi connectivity index (χ2v) is 10.3. The van der Waals surface area contributed by atoms with Crippen LogP contribution < -0.4 is 11.1 Å². The van der Waals surface area contributed by atoms with E-state index in [0.29, 0.717) is 33.6 Å². The highest BCUT2D eigenvalue weighted by Gasteiger charge is 2.48. The van der Waals surface area contributed by atoms with E-state index in [0.717, 1.165) is 24.2 Å². The summed E-state index contributed by atoms with van der Waals surface area (Å²) in [7, 11) is 0. The summed E-state index contributed by atoms with van der Waals surface area (Å²) in [5, 5.41) is 3.33. The van der Waals surface area contributed by atoms with Gasteiger partial charge in [-0.1, -0.05) is 32.4 Å². The number of nitrogens with one attached hydrogen (secondary N) is 1. The van der Waals surface area contributed by atoms with E-state index in [-0.39, 0.29) is 17.1 Å². The first-order valence-electron chi connectivity index (χ1n) is 11.0. The summed E-state index contributed by atoms with van der Waals surface area (Å²) in [6, 6.07) is 3.40. The van der Waals surface area contributed by atoms with Gasteiger partial charge < -0.3 is 15.5 Å². The molecule has 1 unspecified atom stereocenters. The van der Waals surface area contributed by atoms with Crippen LogP contribution in [0.1, 0.15) is 51.1 Å². The number of aryl methyl sites for hydroxylation is 1. The number of anilines is 2. The quantitative estimate of drug-likeness (QED) is 0.455. The van der Waals surface area contributed by atoms with Gasteiger partial charge in [0.2, 0.25) is 5.91 Å². The zero-order chi connectivity index (χ0) is 24.3. The molecule has 0 fully saturated rings. The highest BCUT2D eigenvalue weighted by molar-refractivity contribution is 6.30. The number of halogens is 1. The number of hydrogen-bond donors (Lipinski definition) is 2. The van der Waals surface area contributed by atoms with Gasteiger partial charge in [0.15, 0.2) is 11.5 Å². The Morgan fingerprint density at radius 3 is 2.68 bits per heavy atom. The van der Waals surface area contributed by atoms with Crippen LogP contribution in [0.5, 0.6) is 0 Å². The molecule has 0 bridgehead atoms. The normalized spacial score (nSPS) is 17.7. The third-order valence-corrected chi connectivity index (χ3v) is 6.37. The molecule has 4 aromatic heterocycles. The van der Waals surface area contributed by atoms with Crippen LogP contribution in [-0.2, 0) is 16.6 Å². The monoisotopic (exact) mass is 476 g/mol. The van der Waals surface area contributed by atoms with Gasteiger partial charge in [0.05, 0.1) is 22.0 Å². The molecule has 0 aliphatic carbocycles. The van der Waals surface area contributed by atoms with Crippen molar-refractivity contribution in [1.29, 1.82) is 0 Å². The Labute approximate surface area is 201 Å². The van der Waals surface area contributed by atoms with E-state index in [4.69, 9.17) is 22.3 Å². The average Bonchev–Trinajstić information content (AvgIpc) is 3.35. The van der Waals surface area contributed by atoms with Crippen LogP contribution in [0, 0.1) is 5.41 Å². The van der Waals surface area contributed by atoms with Crippen molar-refractivity contribution in [2.45, 2.75) is 46.0 Å². The Kier molecular flexibility index (Phi) is 5.05. The molecule has 1 aliphatic rings. The van der Waals surface area contributed by atoms with E-state index >= 15 is 0 Å². The molecule has 5 rings (SSSR count). The molecule has 1 aliphatic heterocycles. The van der Waals surface area contributed by atoms with Crippen LogP contribution in [0.2, 0.25) is 5.02 Å². The fraction of sp³-hybridized carbons (Fsp3) is 0.333. The molecule has 34 heavy (non-hydrogen) atoms. The SMILES string of the molecule is CC(C)(C)CCc1nc(-c2nc(N)c3c(n2)NC(=O)C3(C)c2ccc(Cl)cn2)cn2ccnc12. The predicted molar refractivity (Wildman–Crippen MR) is 131 cm³/mol. The summed E-state index contributed by atoms with van der Waals surface area (Å²) in [5.41, 5.74) is 8.65. The number of aromatic nitrogens is 6. The van der Waals surface area contributed by atoms with Crippen molar-refractivity contribution in [2.75, 3.05) is 11.1 Å². The Hall–Kier alpha value is -3.59. The predicted octanol–water partition coefficient (Wildman–Crippen LogP) is 4.05. The maximum atomic E-state index is 13.1. The number of hydrogen-bond acceptors (Lipinski definition) is 7. The minimum Gasteiger partial charge on any atom is -0.383 e. The van der Waals surface area contributed by atoms with Crippen LogP contribution in [0.15, 0.2) is 36.9 Å². The maximum Gasteiger partial charge on any atom is 0.242 e. The molecule has 3 N–H and O–H groups in total. The van der Waals surface area contributed by atoms with Crippen molar-refractivity contribution in [3.8, 4) is 11.5 Å². The van der Waals surface area contributed by atoms with Gasteiger partial charge in [0.1, 0.15) is 22.7 Å². The molecule has 0 aromatic carbocycles.